The minimum Gasteiger partial charge on any atom is -0.363 e. The summed E-state index contributed by atoms with van der Waals surface area (Å²) in [7, 11) is 0. The molecule has 2 aliphatic heterocycles. The molecule has 0 N–H and O–H groups in total. The van der Waals surface area contributed by atoms with E-state index in [-0.39, 0.29) is 24.0 Å². The van der Waals surface area contributed by atoms with Crippen LogP contribution in [0.3, 0.4) is 0 Å². The molecule has 0 saturated carbocycles. The van der Waals surface area contributed by atoms with Crippen LogP contribution in [0.15, 0.2) is 41.2 Å². The first-order valence-corrected chi connectivity index (χ1v) is 9.78. The Morgan fingerprint density at radius 2 is 2.04 bits per heavy atom. The van der Waals surface area contributed by atoms with Crippen molar-refractivity contribution in [3.8, 4) is 0 Å². The highest BCUT2D eigenvalue weighted by Gasteiger charge is 2.42. The van der Waals surface area contributed by atoms with Crippen molar-refractivity contribution in [2.45, 2.75) is 24.9 Å². The zero-order chi connectivity index (χ0) is 18.0. The summed E-state index contributed by atoms with van der Waals surface area (Å²) in [4.78, 5) is 32.8. The lowest BCUT2D eigenvalue weighted by atomic mass is 9.92. The molecule has 1 atom stereocenters. The van der Waals surface area contributed by atoms with Gasteiger partial charge in [-0.3, -0.25) is 9.59 Å². The number of anilines is 1. The highest BCUT2D eigenvalue weighted by atomic mass is 32.1. The normalized spacial score (nSPS) is 23.9. The molecule has 0 aliphatic carbocycles. The number of benzene rings is 1. The molecule has 1 aromatic heterocycles. The molecule has 2 aromatic rings. The van der Waals surface area contributed by atoms with Gasteiger partial charge in [-0.05, 0) is 31.4 Å². The van der Waals surface area contributed by atoms with E-state index in [1.165, 1.54) is 11.3 Å². The Bertz CT molecular complexity index is 781. The van der Waals surface area contributed by atoms with Crippen LogP contribution in [0.2, 0.25) is 0 Å². The lowest BCUT2D eigenvalue weighted by Crippen LogP contribution is -2.55. The van der Waals surface area contributed by atoms with Crippen molar-refractivity contribution in [3.05, 3.63) is 46.9 Å². The lowest BCUT2D eigenvalue weighted by Gasteiger charge is -2.42. The zero-order valence-electron chi connectivity index (χ0n) is 14.5. The maximum atomic E-state index is 12.6. The average molecular weight is 371 g/mol. The van der Waals surface area contributed by atoms with Gasteiger partial charge in [0.15, 0.2) is 0 Å². The molecule has 1 spiro atoms. The van der Waals surface area contributed by atoms with Gasteiger partial charge < -0.3 is 14.5 Å². The van der Waals surface area contributed by atoms with E-state index in [2.05, 4.69) is 4.98 Å². The van der Waals surface area contributed by atoms with Crippen LogP contribution >= 0.6 is 11.3 Å². The molecule has 6 nitrogen and oxygen atoms in total. The molecular weight excluding hydrogens is 350 g/mol. The summed E-state index contributed by atoms with van der Waals surface area (Å²) in [5, 5.41) is 1.79. The van der Waals surface area contributed by atoms with Gasteiger partial charge in [-0.15, -0.1) is 11.3 Å². The number of hydrogen-bond donors (Lipinski definition) is 0. The summed E-state index contributed by atoms with van der Waals surface area (Å²) >= 11 is 1.43. The van der Waals surface area contributed by atoms with Crippen molar-refractivity contribution in [3.63, 3.8) is 0 Å². The molecule has 26 heavy (non-hydrogen) atoms. The van der Waals surface area contributed by atoms with Crippen molar-refractivity contribution >= 4 is 28.8 Å². The molecule has 1 aromatic carbocycles. The average Bonchev–Trinajstić information content (AvgIpc) is 3.14. The number of rotatable bonds is 2. The van der Waals surface area contributed by atoms with E-state index in [0.29, 0.717) is 25.3 Å². The zero-order valence-corrected chi connectivity index (χ0v) is 15.3. The van der Waals surface area contributed by atoms with E-state index < -0.39 is 0 Å². The second kappa shape index (κ2) is 7.17. The van der Waals surface area contributed by atoms with E-state index >= 15 is 0 Å². The van der Waals surface area contributed by atoms with Crippen LogP contribution in [0.5, 0.6) is 0 Å². The van der Waals surface area contributed by atoms with Crippen molar-refractivity contribution < 1.29 is 14.3 Å². The number of hydrogen-bond acceptors (Lipinski definition) is 5. The van der Waals surface area contributed by atoms with E-state index in [9.17, 15) is 9.59 Å². The SMILES string of the molecule is O=C(c1cscn1)N1CCCC2(CC1)CN(c1ccccc1)C(=O)CO2. The van der Waals surface area contributed by atoms with Crippen LogP contribution in [0.4, 0.5) is 5.69 Å². The standard InChI is InChI=1S/C19H21N3O3S/c23-17-11-25-19(13-22(17)15-5-2-1-3-6-15)7-4-9-21(10-8-19)18(24)16-12-26-14-20-16/h1-3,5-6,12,14H,4,7-11,13H2. The molecule has 2 amide bonds. The second-order valence-electron chi connectivity index (χ2n) is 6.81. The van der Waals surface area contributed by atoms with Gasteiger partial charge in [-0.2, -0.15) is 0 Å². The highest BCUT2D eigenvalue weighted by molar-refractivity contribution is 7.07. The third kappa shape index (κ3) is 3.37. The first-order chi connectivity index (χ1) is 12.7. The van der Waals surface area contributed by atoms with Crippen LogP contribution in [-0.2, 0) is 9.53 Å². The summed E-state index contributed by atoms with van der Waals surface area (Å²) in [5.41, 5.74) is 2.71. The topological polar surface area (TPSA) is 62.7 Å². The Kier molecular flexibility index (Phi) is 4.74. The summed E-state index contributed by atoms with van der Waals surface area (Å²) in [6.07, 6.45) is 2.41. The molecule has 0 radical (unpaired) electrons. The first-order valence-electron chi connectivity index (χ1n) is 8.84. The molecule has 2 saturated heterocycles. The number of thiazole rings is 1. The van der Waals surface area contributed by atoms with Crippen LogP contribution < -0.4 is 4.90 Å². The summed E-state index contributed by atoms with van der Waals surface area (Å²) in [5.74, 6) is -0.0309. The molecule has 1 unspecified atom stereocenters. The Hall–Kier alpha value is -2.25. The number of carbonyl (C=O) groups is 2. The van der Waals surface area contributed by atoms with Crippen LogP contribution in [-0.4, -0.2) is 53.5 Å². The van der Waals surface area contributed by atoms with Gasteiger partial charge in [0, 0.05) is 24.2 Å². The molecular formula is C19H21N3O3S. The van der Waals surface area contributed by atoms with Gasteiger partial charge in [-0.1, -0.05) is 18.2 Å². The van der Waals surface area contributed by atoms with Gasteiger partial charge in [0.05, 0.1) is 17.7 Å². The monoisotopic (exact) mass is 371 g/mol. The number of morpholine rings is 1. The smallest absolute Gasteiger partial charge is 0.273 e. The van der Waals surface area contributed by atoms with Gasteiger partial charge in [0.25, 0.3) is 11.8 Å². The Balaban J connectivity index is 1.49. The predicted molar refractivity (Wildman–Crippen MR) is 99.3 cm³/mol. The Morgan fingerprint density at radius 3 is 2.81 bits per heavy atom. The molecule has 7 heteroatoms. The van der Waals surface area contributed by atoms with Crippen molar-refractivity contribution in [2.75, 3.05) is 31.1 Å². The lowest BCUT2D eigenvalue weighted by molar-refractivity contribution is -0.140. The molecule has 136 valence electrons. The highest BCUT2D eigenvalue weighted by Crippen LogP contribution is 2.33. The van der Waals surface area contributed by atoms with E-state index in [0.717, 1.165) is 24.9 Å². The third-order valence-corrected chi connectivity index (χ3v) is 5.74. The minimum atomic E-state index is -0.388. The summed E-state index contributed by atoms with van der Waals surface area (Å²) in [6, 6.07) is 9.72. The molecule has 2 fully saturated rings. The first kappa shape index (κ1) is 17.2. The number of aromatic nitrogens is 1. The van der Waals surface area contributed by atoms with Crippen molar-refractivity contribution in [2.24, 2.45) is 0 Å². The summed E-state index contributed by atoms with van der Waals surface area (Å²) in [6.45, 7) is 1.94. The van der Waals surface area contributed by atoms with Gasteiger partial charge in [0.1, 0.15) is 12.3 Å². The Labute approximate surface area is 156 Å². The minimum absolute atomic E-state index is 0.0125. The summed E-state index contributed by atoms with van der Waals surface area (Å²) < 4.78 is 6.03. The fourth-order valence-corrected chi connectivity index (χ4v) is 4.24. The fourth-order valence-electron chi connectivity index (χ4n) is 3.71. The maximum absolute atomic E-state index is 12.6. The van der Waals surface area contributed by atoms with E-state index in [1.54, 1.807) is 10.9 Å². The van der Waals surface area contributed by atoms with Crippen molar-refractivity contribution in [1.29, 1.82) is 0 Å². The molecule has 0 bridgehead atoms. The van der Waals surface area contributed by atoms with Crippen LogP contribution in [0.1, 0.15) is 29.8 Å². The number of ether oxygens (including phenoxy) is 1. The molecule has 4 rings (SSSR count). The number of likely N-dealkylation sites (tertiary alicyclic amines) is 1. The Morgan fingerprint density at radius 1 is 1.19 bits per heavy atom. The van der Waals surface area contributed by atoms with Gasteiger partial charge in [-0.25, -0.2) is 4.98 Å². The number of para-hydroxylation sites is 1. The maximum Gasteiger partial charge on any atom is 0.273 e. The molecule has 3 heterocycles. The number of nitrogens with zero attached hydrogens (tertiary/aromatic N) is 3. The number of amides is 2. The van der Waals surface area contributed by atoms with E-state index in [4.69, 9.17) is 4.74 Å². The van der Waals surface area contributed by atoms with Crippen molar-refractivity contribution in [1.82, 2.24) is 9.88 Å². The van der Waals surface area contributed by atoms with E-state index in [1.807, 2.05) is 40.1 Å². The van der Waals surface area contributed by atoms with Gasteiger partial charge in [0.2, 0.25) is 0 Å². The van der Waals surface area contributed by atoms with Crippen LogP contribution in [0, 0.1) is 0 Å². The largest absolute Gasteiger partial charge is 0.363 e. The number of carbonyl (C=O) groups excluding carboxylic acids is 2. The van der Waals surface area contributed by atoms with Crippen LogP contribution in [0.25, 0.3) is 0 Å². The second-order valence-corrected chi connectivity index (χ2v) is 7.53. The predicted octanol–water partition coefficient (Wildman–Crippen LogP) is 2.57. The molecule has 2 aliphatic rings. The fraction of sp³-hybridized carbons (Fsp3) is 0.421. The quantitative estimate of drug-likeness (QED) is 0.814. The van der Waals surface area contributed by atoms with Gasteiger partial charge >= 0.3 is 0 Å². The third-order valence-electron chi connectivity index (χ3n) is 5.15.